The van der Waals surface area contributed by atoms with E-state index in [2.05, 4.69) is 87.5 Å². The molecule has 12 rings (SSSR count). The molecule has 2 aromatic carbocycles. The average molecular weight is 1020 g/mol. The minimum absolute atomic E-state index is 0.123. The number of aryl methyl sites for hydroxylation is 4. The number of nitrogens with one attached hydrogen (secondary N) is 4. The zero-order chi connectivity index (χ0) is 47.9. The van der Waals surface area contributed by atoms with Crippen LogP contribution in [0.4, 0.5) is 23.3 Å². The number of halogens is 1. The van der Waals surface area contributed by atoms with Crippen molar-refractivity contribution in [2.75, 3.05) is 30.3 Å². The van der Waals surface area contributed by atoms with Gasteiger partial charge in [0.1, 0.15) is 6.73 Å². The summed E-state index contributed by atoms with van der Waals surface area (Å²) in [5.74, 6) is 0.668. The van der Waals surface area contributed by atoms with E-state index in [1.807, 2.05) is 17.1 Å². The van der Waals surface area contributed by atoms with E-state index in [1.165, 1.54) is 59.2 Å². The van der Waals surface area contributed by atoms with Crippen molar-refractivity contribution in [2.24, 2.45) is 0 Å². The van der Waals surface area contributed by atoms with Gasteiger partial charge in [0, 0.05) is 81.9 Å². The molecule has 2 aliphatic heterocycles. The van der Waals surface area contributed by atoms with Crippen LogP contribution in [0.5, 0.6) is 0 Å². The minimum Gasteiger partial charge on any atom is -0.359 e. The third kappa shape index (κ3) is 10.4. The van der Waals surface area contributed by atoms with Gasteiger partial charge in [-0.15, -0.1) is 10.2 Å². The molecule has 0 saturated heterocycles. The van der Waals surface area contributed by atoms with E-state index in [0.29, 0.717) is 31.6 Å². The Balaban J connectivity index is 0.000000135. The molecular weight excluding hydrogens is 956 g/mol. The summed E-state index contributed by atoms with van der Waals surface area (Å²) in [6.45, 7) is 11.9. The molecule has 4 N–H and O–H groups in total. The van der Waals surface area contributed by atoms with Gasteiger partial charge in [0.05, 0.1) is 30.6 Å². The number of H-pyrrole nitrogens is 1. The van der Waals surface area contributed by atoms with E-state index < -0.39 is 32.3 Å². The van der Waals surface area contributed by atoms with E-state index in [4.69, 9.17) is 15.4 Å². The van der Waals surface area contributed by atoms with E-state index in [0.717, 1.165) is 120 Å². The van der Waals surface area contributed by atoms with Crippen LogP contribution >= 0.6 is 10.7 Å². The van der Waals surface area contributed by atoms with Crippen molar-refractivity contribution in [3.05, 3.63) is 93.1 Å². The standard InChI is InChI=1S/C20H29ClN4O3SSi.C20H23N7O2S.C6H9N3/c1-30(2,3)11-10-28-13-25-19(23-20(24-25)29(21,26)27)22-18-16-8-4-6-14(16)12-15-7-5-9-17(15)18;28-30(29,27-8-7-26-12-21-10-15(26)11-27)20-23-19(24-25-20)22-18-16-5-1-3-13(16)9-14-4-2-6-17(14)18;1-2-9-5-8-4-6(9)3-7-1/h12H,4-11,13H2,1-3H3,(H,22,23,24);9-10,12H,1-8,11H2,(H2,22,23,24,25);4-5,7H,1-3H2. The Kier molecular flexibility index (Phi) is 13.6. The molecular formula is C46H61ClN14O5S2Si. The van der Waals surface area contributed by atoms with Crippen LogP contribution in [0.15, 0.2) is 47.5 Å². The molecule has 6 aromatic rings. The summed E-state index contributed by atoms with van der Waals surface area (Å²) in [5, 5.41) is 20.5. The highest BCUT2D eigenvalue weighted by molar-refractivity contribution is 8.13. The lowest BCUT2D eigenvalue weighted by Crippen LogP contribution is -2.38. The highest BCUT2D eigenvalue weighted by Gasteiger charge is 2.33. The Morgan fingerprint density at radius 1 is 0.739 bits per heavy atom. The van der Waals surface area contributed by atoms with Gasteiger partial charge in [-0.25, -0.2) is 36.6 Å². The van der Waals surface area contributed by atoms with Crippen molar-refractivity contribution in [1.29, 1.82) is 0 Å². The molecule has 0 saturated carbocycles. The number of rotatable bonds is 12. The second-order valence-electron chi connectivity index (χ2n) is 19.9. The number of aromatic nitrogens is 10. The van der Waals surface area contributed by atoms with E-state index >= 15 is 0 Å². The molecule has 69 heavy (non-hydrogen) atoms. The van der Waals surface area contributed by atoms with Crippen LogP contribution in [0.3, 0.4) is 0 Å². The number of benzene rings is 2. The molecule has 0 bridgehead atoms. The lowest BCUT2D eigenvalue weighted by atomic mass is 9.99. The number of imidazole rings is 2. The number of hydrogen-bond acceptors (Lipinski definition) is 14. The van der Waals surface area contributed by atoms with Gasteiger partial charge in [-0.05, 0) is 128 Å². The predicted molar refractivity (Wildman–Crippen MR) is 265 cm³/mol. The molecule has 6 aliphatic rings. The largest absolute Gasteiger partial charge is 0.359 e. The van der Waals surface area contributed by atoms with Gasteiger partial charge in [-0.3, -0.25) is 0 Å². The van der Waals surface area contributed by atoms with Gasteiger partial charge >= 0.3 is 0 Å². The number of anilines is 4. The number of aromatic amines is 1. The van der Waals surface area contributed by atoms with Gasteiger partial charge in [0.15, 0.2) is 0 Å². The quantitative estimate of drug-likeness (QED) is 0.0613. The molecule has 0 amide bonds. The van der Waals surface area contributed by atoms with Gasteiger partial charge in [0.25, 0.3) is 29.4 Å². The SMILES string of the molecule is C[Si](C)(C)CCOCn1nc(S(=O)(=O)Cl)nc1Nc1c2c(cc3c1CCC3)CCC2.O=S(=O)(c1nc(Nc2c3c(cc4c2CCC4)CCC3)n[nH]1)N1CCn2cncc2C1.c1ncn2c1CNCC2. The Labute approximate surface area is 408 Å². The summed E-state index contributed by atoms with van der Waals surface area (Å²) >= 11 is 0. The number of ether oxygens (including phenoxy) is 1. The maximum atomic E-state index is 13.1. The Bertz CT molecular complexity index is 3000. The fraction of sp³-hybridized carbons (Fsp3) is 0.522. The first-order valence-electron chi connectivity index (χ1n) is 24.1. The minimum atomic E-state index is -4.03. The number of nitrogens with zero attached hydrogens (tertiary/aromatic N) is 10. The molecule has 0 unspecified atom stereocenters. The molecule has 6 heterocycles. The number of fused-ring (bicyclic) bond motifs is 6. The van der Waals surface area contributed by atoms with Crippen LogP contribution in [-0.2, 0) is 108 Å². The van der Waals surface area contributed by atoms with Gasteiger partial charge in [-0.2, -0.15) is 14.3 Å². The molecule has 4 aliphatic carbocycles. The fourth-order valence-electron chi connectivity index (χ4n) is 10.3. The first-order chi connectivity index (χ1) is 33.2. The second kappa shape index (κ2) is 19.7. The lowest BCUT2D eigenvalue weighted by Gasteiger charge is -2.26. The summed E-state index contributed by atoms with van der Waals surface area (Å²) in [7, 11) is -3.48. The van der Waals surface area contributed by atoms with Crippen molar-refractivity contribution in [2.45, 2.75) is 146 Å². The van der Waals surface area contributed by atoms with Crippen molar-refractivity contribution in [1.82, 2.24) is 58.7 Å². The Morgan fingerprint density at radius 3 is 1.90 bits per heavy atom. The Morgan fingerprint density at radius 2 is 1.32 bits per heavy atom. The molecule has 19 nitrogen and oxygen atoms in total. The molecule has 4 aromatic heterocycles. The smallest absolute Gasteiger partial charge is 0.298 e. The summed E-state index contributed by atoms with van der Waals surface area (Å²) in [4.78, 5) is 16.6. The summed E-state index contributed by atoms with van der Waals surface area (Å²) in [6.07, 6.45) is 20.3. The zero-order valence-corrected chi connectivity index (χ0v) is 42.9. The molecule has 0 spiro atoms. The number of hydrogen-bond donors (Lipinski definition) is 4. The third-order valence-electron chi connectivity index (χ3n) is 13.9. The maximum Gasteiger partial charge on any atom is 0.298 e. The third-order valence-corrected chi connectivity index (χ3v) is 18.3. The van der Waals surface area contributed by atoms with Gasteiger partial charge < -0.3 is 29.8 Å². The first-order valence-corrected chi connectivity index (χ1v) is 31.6. The monoisotopic (exact) mass is 1020 g/mol. The van der Waals surface area contributed by atoms with Crippen molar-refractivity contribution in [3.8, 4) is 0 Å². The molecule has 23 heteroatoms. The average Bonchev–Trinajstić information content (AvgIpc) is 4.16. The predicted octanol–water partition coefficient (Wildman–Crippen LogP) is 6.15. The maximum absolute atomic E-state index is 13.1. The fourth-order valence-corrected chi connectivity index (χ4v) is 12.9. The van der Waals surface area contributed by atoms with E-state index in [9.17, 15) is 16.8 Å². The first kappa shape index (κ1) is 47.7. The Hall–Kier alpha value is -4.97. The van der Waals surface area contributed by atoms with E-state index in [-0.39, 0.29) is 18.4 Å². The lowest BCUT2D eigenvalue weighted by molar-refractivity contribution is 0.0792. The summed E-state index contributed by atoms with van der Waals surface area (Å²) < 4.78 is 62.7. The normalized spacial score (nSPS) is 17.2. The second-order valence-corrected chi connectivity index (χ2v) is 29.8. The molecule has 0 radical (unpaired) electrons. The van der Waals surface area contributed by atoms with Crippen molar-refractivity contribution < 1.29 is 21.6 Å². The van der Waals surface area contributed by atoms with Gasteiger partial charge in [-0.1, -0.05) is 31.8 Å². The molecule has 368 valence electrons. The van der Waals surface area contributed by atoms with Crippen LogP contribution in [0.1, 0.15) is 81.6 Å². The van der Waals surface area contributed by atoms with Crippen molar-refractivity contribution >= 4 is 61.1 Å². The van der Waals surface area contributed by atoms with Crippen LogP contribution in [0, 0.1) is 0 Å². The van der Waals surface area contributed by atoms with Crippen LogP contribution in [-0.4, -0.2) is 98.0 Å². The van der Waals surface area contributed by atoms with Crippen molar-refractivity contribution in [3.63, 3.8) is 0 Å². The summed E-state index contributed by atoms with van der Waals surface area (Å²) in [6, 6.07) is 5.74. The van der Waals surface area contributed by atoms with Crippen LogP contribution in [0.25, 0.3) is 0 Å². The van der Waals surface area contributed by atoms with E-state index in [1.54, 1.807) is 12.5 Å². The topological polar surface area (TPSA) is 225 Å². The van der Waals surface area contributed by atoms with Gasteiger partial charge in [0.2, 0.25) is 11.9 Å². The van der Waals surface area contributed by atoms with Crippen LogP contribution in [0.2, 0.25) is 25.7 Å². The molecule has 0 atom stereocenters. The highest BCUT2D eigenvalue weighted by Crippen LogP contribution is 2.41. The molecule has 0 fully saturated rings. The highest BCUT2D eigenvalue weighted by atomic mass is 35.7. The zero-order valence-electron chi connectivity index (χ0n) is 39.5. The summed E-state index contributed by atoms with van der Waals surface area (Å²) in [5.41, 5.74) is 15.3. The number of sulfonamides is 1. The van der Waals surface area contributed by atoms with Crippen LogP contribution < -0.4 is 16.0 Å².